The van der Waals surface area contributed by atoms with E-state index in [2.05, 4.69) is 70.5 Å². The van der Waals surface area contributed by atoms with E-state index < -0.39 is 0 Å². The van der Waals surface area contributed by atoms with Gasteiger partial charge in [-0.3, -0.25) is 0 Å². The van der Waals surface area contributed by atoms with Crippen molar-refractivity contribution < 1.29 is 0 Å². The van der Waals surface area contributed by atoms with Crippen molar-refractivity contribution >= 4 is 15.9 Å². The van der Waals surface area contributed by atoms with Crippen molar-refractivity contribution in [2.45, 2.75) is 24.2 Å². The van der Waals surface area contributed by atoms with E-state index in [4.69, 9.17) is 5.73 Å². The van der Waals surface area contributed by atoms with Crippen molar-refractivity contribution in [2.24, 2.45) is 5.73 Å². The van der Waals surface area contributed by atoms with Crippen LogP contribution in [0.15, 0.2) is 59.1 Å². The van der Waals surface area contributed by atoms with Crippen LogP contribution in [0.4, 0.5) is 0 Å². The highest BCUT2D eigenvalue weighted by Crippen LogP contribution is 2.53. The van der Waals surface area contributed by atoms with Crippen LogP contribution < -0.4 is 5.73 Å². The fourth-order valence-corrected chi connectivity index (χ4v) is 3.94. The molecule has 0 heterocycles. The number of benzene rings is 2. The molecule has 1 fully saturated rings. The Bertz CT molecular complexity index is 558. The molecule has 1 saturated carbocycles. The van der Waals surface area contributed by atoms with E-state index in [1.807, 2.05) is 0 Å². The van der Waals surface area contributed by atoms with Crippen LogP contribution in [0.25, 0.3) is 0 Å². The van der Waals surface area contributed by atoms with Gasteiger partial charge in [-0.15, -0.1) is 0 Å². The Labute approximate surface area is 123 Å². The SMILES string of the molecule is NCC1(c2ccccc2Br)CC(c2ccccc2)C1. The zero-order chi connectivity index (χ0) is 13.3. The van der Waals surface area contributed by atoms with Crippen LogP contribution in [-0.2, 0) is 5.41 Å². The van der Waals surface area contributed by atoms with E-state index >= 15 is 0 Å². The maximum Gasteiger partial charge on any atom is 0.0213 e. The highest BCUT2D eigenvalue weighted by atomic mass is 79.9. The van der Waals surface area contributed by atoms with E-state index in [1.54, 1.807) is 0 Å². The summed E-state index contributed by atoms with van der Waals surface area (Å²) in [5, 5.41) is 0. The van der Waals surface area contributed by atoms with Crippen LogP contribution in [0.1, 0.15) is 29.9 Å². The number of hydrogen-bond donors (Lipinski definition) is 1. The van der Waals surface area contributed by atoms with Gasteiger partial charge in [0.2, 0.25) is 0 Å². The quantitative estimate of drug-likeness (QED) is 0.901. The van der Waals surface area contributed by atoms with E-state index in [-0.39, 0.29) is 5.41 Å². The normalized spacial score (nSPS) is 25.9. The van der Waals surface area contributed by atoms with Crippen molar-refractivity contribution in [3.63, 3.8) is 0 Å². The van der Waals surface area contributed by atoms with Crippen molar-refractivity contribution in [1.82, 2.24) is 0 Å². The van der Waals surface area contributed by atoms with E-state index in [0.717, 1.165) is 19.4 Å². The lowest BCUT2D eigenvalue weighted by Crippen LogP contribution is -2.46. The third-order valence-electron chi connectivity index (χ3n) is 4.38. The van der Waals surface area contributed by atoms with Crippen LogP contribution in [0.2, 0.25) is 0 Å². The molecule has 0 amide bonds. The summed E-state index contributed by atoms with van der Waals surface area (Å²) in [4.78, 5) is 0. The zero-order valence-corrected chi connectivity index (χ0v) is 12.4. The summed E-state index contributed by atoms with van der Waals surface area (Å²) in [7, 11) is 0. The molecule has 0 radical (unpaired) electrons. The van der Waals surface area contributed by atoms with Crippen molar-refractivity contribution in [3.8, 4) is 0 Å². The van der Waals surface area contributed by atoms with Gasteiger partial charge < -0.3 is 5.73 Å². The molecule has 0 bridgehead atoms. The minimum Gasteiger partial charge on any atom is -0.330 e. The molecule has 0 atom stereocenters. The molecule has 0 saturated heterocycles. The third-order valence-corrected chi connectivity index (χ3v) is 5.07. The number of hydrogen-bond acceptors (Lipinski definition) is 1. The van der Waals surface area contributed by atoms with Gasteiger partial charge in [0.25, 0.3) is 0 Å². The molecule has 19 heavy (non-hydrogen) atoms. The molecule has 1 aliphatic rings. The minimum absolute atomic E-state index is 0.153. The van der Waals surface area contributed by atoms with Crippen LogP contribution in [0, 0.1) is 0 Å². The van der Waals surface area contributed by atoms with E-state index in [0.29, 0.717) is 5.92 Å². The molecular formula is C17H18BrN. The first kappa shape index (κ1) is 12.9. The van der Waals surface area contributed by atoms with Crippen molar-refractivity contribution in [3.05, 3.63) is 70.2 Å². The predicted octanol–water partition coefficient (Wildman–Crippen LogP) is 4.22. The second-order valence-electron chi connectivity index (χ2n) is 5.48. The van der Waals surface area contributed by atoms with Crippen LogP contribution in [-0.4, -0.2) is 6.54 Å². The first-order valence-electron chi connectivity index (χ1n) is 6.75. The van der Waals surface area contributed by atoms with Gasteiger partial charge in [0.1, 0.15) is 0 Å². The fourth-order valence-electron chi connectivity index (χ4n) is 3.23. The van der Waals surface area contributed by atoms with Gasteiger partial charge in [-0.1, -0.05) is 64.5 Å². The third kappa shape index (κ3) is 2.24. The zero-order valence-electron chi connectivity index (χ0n) is 10.9. The summed E-state index contributed by atoms with van der Waals surface area (Å²) in [5.74, 6) is 0.650. The summed E-state index contributed by atoms with van der Waals surface area (Å²) in [5.41, 5.74) is 9.05. The van der Waals surface area contributed by atoms with Gasteiger partial charge in [0.15, 0.2) is 0 Å². The molecule has 2 aromatic carbocycles. The standard InChI is InChI=1S/C17H18BrN/c18-16-9-5-4-8-15(16)17(12-19)10-14(11-17)13-6-2-1-3-7-13/h1-9,14H,10-12,19H2. The van der Waals surface area contributed by atoms with Crippen molar-refractivity contribution in [2.75, 3.05) is 6.54 Å². The lowest BCUT2D eigenvalue weighted by atomic mass is 9.57. The van der Waals surface area contributed by atoms with Gasteiger partial charge >= 0.3 is 0 Å². The number of halogens is 1. The Hall–Kier alpha value is -1.12. The lowest BCUT2D eigenvalue weighted by molar-refractivity contribution is 0.208. The Kier molecular flexibility index (Phi) is 3.46. The first-order valence-corrected chi connectivity index (χ1v) is 7.54. The second-order valence-corrected chi connectivity index (χ2v) is 6.33. The van der Waals surface area contributed by atoms with Gasteiger partial charge in [0.05, 0.1) is 0 Å². The lowest BCUT2D eigenvalue weighted by Gasteiger charge is -2.48. The molecule has 1 nitrogen and oxygen atoms in total. The smallest absolute Gasteiger partial charge is 0.0213 e. The largest absolute Gasteiger partial charge is 0.330 e. The summed E-state index contributed by atoms with van der Waals surface area (Å²) < 4.78 is 1.19. The van der Waals surface area contributed by atoms with Crippen LogP contribution >= 0.6 is 15.9 Å². The molecule has 0 aliphatic heterocycles. The topological polar surface area (TPSA) is 26.0 Å². The second kappa shape index (κ2) is 5.10. The number of nitrogens with two attached hydrogens (primary N) is 1. The Morgan fingerprint density at radius 3 is 2.26 bits per heavy atom. The molecule has 2 heteroatoms. The average Bonchev–Trinajstić information content (AvgIpc) is 2.41. The van der Waals surface area contributed by atoms with Gasteiger partial charge in [-0.05, 0) is 36.0 Å². The maximum atomic E-state index is 6.09. The van der Waals surface area contributed by atoms with E-state index in [1.165, 1.54) is 15.6 Å². The Balaban J connectivity index is 1.84. The van der Waals surface area contributed by atoms with Gasteiger partial charge in [-0.25, -0.2) is 0 Å². The highest BCUT2D eigenvalue weighted by Gasteiger charge is 2.45. The molecule has 3 rings (SSSR count). The Morgan fingerprint density at radius 1 is 1.00 bits per heavy atom. The van der Waals surface area contributed by atoms with Crippen molar-refractivity contribution in [1.29, 1.82) is 0 Å². The molecule has 0 unspecified atom stereocenters. The fraction of sp³-hybridized carbons (Fsp3) is 0.294. The first-order chi connectivity index (χ1) is 9.25. The summed E-state index contributed by atoms with van der Waals surface area (Å²) in [6, 6.07) is 19.3. The molecule has 98 valence electrons. The van der Waals surface area contributed by atoms with E-state index in [9.17, 15) is 0 Å². The Morgan fingerprint density at radius 2 is 1.63 bits per heavy atom. The highest BCUT2D eigenvalue weighted by molar-refractivity contribution is 9.10. The average molecular weight is 316 g/mol. The number of rotatable bonds is 3. The molecule has 2 N–H and O–H groups in total. The van der Waals surface area contributed by atoms with Crippen LogP contribution in [0.3, 0.4) is 0 Å². The van der Waals surface area contributed by atoms with Gasteiger partial charge in [0, 0.05) is 16.4 Å². The molecule has 1 aliphatic carbocycles. The monoisotopic (exact) mass is 315 g/mol. The summed E-state index contributed by atoms with van der Waals surface area (Å²) >= 11 is 3.67. The summed E-state index contributed by atoms with van der Waals surface area (Å²) in [6.45, 7) is 0.721. The molecule has 0 aromatic heterocycles. The molecule has 2 aromatic rings. The maximum absolute atomic E-state index is 6.09. The molecular weight excluding hydrogens is 298 g/mol. The summed E-state index contributed by atoms with van der Waals surface area (Å²) in [6.07, 6.45) is 2.30. The van der Waals surface area contributed by atoms with Crippen LogP contribution in [0.5, 0.6) is 0 Å². The van der Waals surface area contributed by atoms with Gasteiger partial charge in [-0.2, -0.15) is 0 Å². The predicted molar refractivity (Wildman–Crippen MR) is 83.3 cm³/mol. The minimum atomic E-state index is 0.153. The molecule has 0 spiro atoms.